The third kappa shape index (κ3) is 2.75. The van der Waals surface area contributed by atoms with Crippen LogP contribution in [0, 0.1) is 0 Å². The summed E-state index contributed by atoms with van der Waals surface area (Å²) in [6.45, 7) is 2.17. The molecule has 1 aromatic heterocycles. The highest BCUT2D eigenvalue weighted by Crippen LogP contribution is 2.28. The van der Waals surface area contributed by atoms with Crippen molar-refractivity contribution >= 4 is 11.3 Å². The van der Waals surface area contributed by atoms with Crippen LogP contribution in [0.4, 0.5) is 0 Å². The van der Waals surface area contributed by atoms with E-state index in [1.807, 2.05) is 11.3 Å². The van der Waals surface area contributed by atoms with Gasteiger partial charge in [-0.25, -0.2) is 0 Å². The Morgan fingerprint density at radius 3 is 2.68 bits per heavy atom. The van der Waals surface area contributed by atoms with Gasteiger partial charge in [0.2, 0.25) is 0 Å². The second-order valence-corrected chi connectivity index (χ2v) is 6.58. The molecule has 2 aromatic rings. The maximum absolute atomic E-state index is 10.4. The molecular formula is C17H20OS. The number of aliphatic hydroxyl groups is 1. The van der Waals surface area contributed by atoms with E-state index in [0.717, 1.165) is 18.4 Å². The number of benzene rings is 1. The van der Waals surface area contributed by atoms with Crippen LogP contribution in [0.3, 0.4) is 0 Å². The van der Waals surface area contributed by atoms with Gasteiger partial charge in [0.05, 0.1) is 6.10 Å². The minimum Gasteiger partial charge on any atom is -0.388 e. The number of rotatable bonds is 4. The van der Waals surface area contributed by atoms with E-state index in [2.05, 4.69) is 37.3 Å². The fraction of sp³-hybridized carbons (Fsp3) is 0.412. The minimum absolute atomic E-state index is 0.366. The van der Waals surface area contributed by atoms with Gasteiger partial charge >= 0.3 is 0 Å². The molecule has 19 heavy (non-hydrogen) atoms. The summed E-state index contributed by atoms with van der Waals surface area (Å²) in [5.74, 6) is 0. The van der Waals surface area contributed by atoms with Crippen molar-refractivity contribution in [3.63, 3.8) is 0 Å². The summed E-state index contributed by atoms with van der Waals surface area (Å²) < 4.78 is 0. The SMILES string of the molecule is CCc1ccc(CC(O)c2ccc3c(c2)CCC3)s1. The minimum atomic E-state index is -0.366. The van der Waals surface area contributed by atoms with Crippen molar-refractivity contribution in [2.24, 2.45) is 0 Å². The Kier molecular flexibility index (Phi) is 3.72. The van der Waals surface area contributed by atoms with Gasteiger partial charge in [0.15, 0.2) is 0 Å². The van der Waals surface area contributed by atoms with Crippen LogP contribution in [0.5, 0.6) is 0 Å². The number of aliphatic hydroxyl groups excluding tert-OH is 1. The summed E-state index contributed by atoms with van der Waals surface area (Å²) in [5.41, 5.74) is 3.99. The molecule has 0 saturated carbocycles. The van der Waals surface area contributed by atoms with Gasteiger partial charge in [-0.1, -0.05) is 25.1 Å². The third-order valence-corrected chi connectivity index (χ3v) is 5.22. The van der Waals surface area contributed by atoms with E-state index in [-0.39, 0.29) is 6.10 Å². The van der Waals surface area contributed by atoms with Crippen molar-refractivity contribution in [2.75, 3.05) is 0 Å². The first-order valence-corrected chi connectivity index (χ1v) is 7.95. The molecule has 0 fully saturated rings. The Morgan fingerprint density at radius 2 is 1.89 bits per heavy atom. The van der Waals surface area contributed by atoms with Gasteiger partial charge in [-0.2, -0.15) is 0 Å². The standard InChI is InChI=1S/C17H20OS/c1-2-15-8-9-16(19-15)11-17(18)14-7-6-12-4-3-5-13(12)10-14/h6-10,17-18H,2-5,11H2,1H3. The van der Waals surface area contributed by atoms with Crippen LogP contribution < -0.4 is 0 Å². The lowest BCUT2D eigenvalue weighted by Gasteiger charge is -2.11. The Bertz CT molecular complexity index is 570. The Labute approximate surface area is 118 Å². The van der Waals surface area contributed by atoms with Gasteiger partial charge in [-0.15, -0.1) is 11.3 Å². The molecule has 1 aliphatic rings. The van der Waals surface area contributed by atoms with Crippen molar-refractivity contribution in [1.82, 2.24) is 0 Å². The van der Waals surface area contributed by atoms with Crippen LogP contribution in [0.25, 0.3) is 0 Å². The number of fused-ring (bicyclic) bond motifs is 1. The van der Waals surface area contributed by atoms with Crippen molar-refractivity contribution < 1.29 is 5.11 Å². The highest BCUT2D eigenvalue weighted by atomic mass is 32.1. The van der Waals surface area contributed by atoms with Gasteiger partial charge in [0.1, 0.15) is 0 Å². The predicted octanol–water partition coefficient (Wildman–Crippen LogP) is 4.08. The summed E-state index contributed by atoms with van der Waals surface area (Å²) in [6.07, 6.45) is 5.10. The molecule has 0 amide bonds. The number of aryl methyl sites for hydroxylation is 3. The predicted molar refractivity (Wildman–Crippen MR) is 80.8 cm³/mol. The van der Waals surface area contributed by atoms with Crippen LogP contribution in [0.2, 0.25) is 0 Å². The summed E-state index contributed by atoms with van der Waals surface area (Å²) in [4.78, 5) is 2.68. The highest BCUT2D eigenvalue weighted by Gasteiger charge is 2.15. The molecule has 1 nitrogen and oxygen atoms in total. The molecule has 0 radical (unpaired) electrons. The molecule has 3 rings (SSSR count). The fourth-order valence-electron chi connectivity index (χ4n) is 2.83. The lowest BCUT2D eigenvalue weighted by Crippen LogP contribution is -2.01. The lowest BCUT2D eigenvalue weighted by atomic mass is 10.0. The second kappa shape index (κ2) is 5.48. The Balaban J connectivity index is 1.74. The van der Waals surface area contributed by atoms with Gasteiger partial charge in [-0.05, 0) is 54.5 Å². The zero-order valence-corrected chi connectivity index (χ0v) is 12.2. The van der Waals surface area contributed by atoms with Crippen LogP contribution in [0.15, 0.2) is 30.3 Å². The summed E-state index contributed by atoms with van der Waals surface area (Å²) in [5, 5.41) is 10.4. The normalized spacial score (nSPS) is 15.5. The van der Waals surface area contributed by atoms with Crippen LogP contribution in [0.1, 0.15) is 45.9 Å². The summed E-state index contributed by atoms with van der Waals surface area (Å²) in [6, 6.07) is 10.8. The van der Waals surface area contributed by atoms with Gasteiger partial charge < -0.3 is 5.11 Å². The zero-order chi connectivity index (χ0) is 13.2. The van der Waals surface area contributed by atoms with Crippen molar-refractivity contribution in [2.45, 2.75) is 45.1 Å². The lowest BCUT2D eigenvalue weighted by molar-refractivity contribution is 0.179. The number of hydrogen-bond acceptors (Lipinski definition) is 2. The van der Waals surface area contributed by atoms with E-state index >= 15 is 0 Å². The van der Waals surface area contributed by atoms with E-state index in [9.17, 15) is 5.11 Å². The van der Waals surface area contributed by atoms with Crippen molar-refractivity contribution in [1.29, 1.82) is 0 Å². The van der Waals surface area contributed by atoms with E-state index in [4.69, 9.17) is 0 Å². The molecule has 0 spiro atoms. The molecule has 1 unspecified atom stereocenters. The molecule has 1 atom stereocenters. The van der Waals surface area contributed by atoms with Crippen LogP contribution in [-0.4, -0.2) is 5.11 Å². The molecule has 2 heteroatoms. The summed E-state index contributed by atoms with van der Waals surface area (Å²) >= 11 is 1.82. The first kappa shape index (κ1) is 12.9. The number of thiophene rings is 1. The zero-order valence-electron chi connectivity index (χ0n) is 11.4. The third-order valence-electron chi connectivity index (χ3n) is 3.97. The molecule has 1 aromatic carbocycles. The highest BCUT2D eigenvalue weighted by molar-refractivity contribution is 7.11. The van der Waals surface area contributed by atoms with E-state index in [1.54, 1.807) is 0 Å². The average Bonchev–Trinajstić information content (AvgIpc) is 3.05. The van der Waals surface area contributed by atoms with Crippen molar-refractivity contribution in [3.8, 4) is 0 Å². The fourth-order valence-corrected chi connectivity index (χ4v) is 3.82. The Morgan fingerprint density at radius 1 is 1.11 bits per heavy atom. The molecule has 100 valence electrons. The molecule has 0 bridgehead atoms. The van der Waals surface area contributed by atoms with Crippen molar-refractivity contribution in [3.05, 3.63) is 56.8 Å². The first-order valence-electron chi connectivity index (χ1n) is 7.13. The topological polar surface area (TPSA) is 20.2 Å². The van der Waals surface area contributed by atoms with Gasteiger partial charge in [-0.3, -0.25) is 0 Å². The van der Waals surface area contributed by atoms with E-state index in [1.165, 1.54) is 40.1 Å². The molecule has 0 aliphatic heterocycles. The molecule has 0 saturated heterocycles. The maximum atomic E-state index is 10.4. The van der Waals surface area contributed by atoms with Gasteiger partial charge in [0, 0.05) is 16.2 Å². The smallest absolute Gasteiger partial charge is 0.0838 e. The molecule has 1 aliphatic carbocycles. The molecule has 1 N–H and O–H groups in total. The van der Waals surface area contributed by atoms with Gasteiger partial charge in [0.25, 0.3) is 0 Å². The largest absolute Gasteiger partial charge is 0.388 e. The average molecular weight is 272 g/mol. The quantitative estimate of drug-likeness (QED) is 0.889. The monoisotopic (exact) mass is 272 g/mol. The first-order chi connectivity index (χ1) is 9.26. The maximum Gasteiger partial charge on any atom is 0.0838 e. The van der Waals surface area contributed by atoms with Crippen LogP contribution in [-0.2, 0) is 25.7 Å². The van der Waals surface area contributed by atoms with E-state index in [0.29, 0.717) is 0 Å². The van der Waals surface area contributed by atoms with E-state index < -0.39 is 0 Å². The van der Waals surface area contributed by atoms with Crippen LogP contribution >= 0.6 is 11.3 Å². The molecule has 1 heterocycles. The number of hydrogen-bond donors (Lipinski definition) is 1. The second-order valence-electron chi connectivity index (χ2n) is 5.32. The molecular weight excluding hydrogens is 252 g/mol. The summed E-state index contributed by atoms with van der Waals surface area (Å²) in [7, 11) is 0. The Hall–Kier alpha value is -1.12.